The maximum Gasteiger partial charge on any atom is 0.260 e. The van der Waals surface area contributed by atoms with Crippen molar-refractivity contribution >= 4 is 12.0 Å². The van der Waals surface area contributed by atoms with Gasteiger partial charge in [-0.2, -0.15) is 0 Å². The molecular formula is C17H24N2O3. The summed E-state index contributed by atoms with van der Waals surface area (Å²) in [4.78, 5) is 14.1. The Kier molecular flexibility index (Phi) is 5.83. The number of piperazine rings is 1. The van der Waals surface area contributed by atoms with Crippen molar-refractivity contribution in [3.8, 4) is 11.5 Å². The SMILES string of the molecule is C/C=C/c1ccc(OCC(=O)N2CCNCC2C)c(OC)c1. The molecule has 22 heavy (non-hydrogen) atoms. The van der Waals surface area contributed by atoms with E-state index in [4.69, 9.17) is 9.47 Å². The van der Waals surface area contributed by atoms with Gasteiger partial charge in [0.15, 0.2) is 18.1 Å². The Morgan fingerprint density at radius 1 is 1.45 bits per heavy atom. The molecule has 1 aromatic carbocycles. The second-order valence-corrected chi connectivity index (χ2v) is 5.34. The first kappa shape index (κ1) is 16.4. The Hall–Kier alpha value is -2.01. The van der Waals surface area contributed by atoms with Crippen molar-refractivity contribution in [2.45, 2.75) is 19.9 Å². The minimum atomic E-state index is 0.00795. The molecule has 0 aliphatic carbocycles. The first-order valence-electron chi connectivity index (χ1n) is 7.59. The van der Waals surface area contributed by atoms with E-state index >= 15 is 0 Å². The summed E-state index contributed by atoms with van der Waals surface area (Å²) < 4.78 is 11.0. The van der Waals surface area contributed by atoms with Crippen molar-refractivity contribution < 1.29 is 14.3 Å². The lowest BCUT2D eigenvalue weighted by Crippen LogP contribution is -2.53. The zero-order chi connectivity index (χ0) is 15.9. The van der Waals surface area contributed by atoms with E-state index in [0.717, 1.165) is 25.2 Å². The van der Waals surface area contributed by atoms with E-state index in [1.807, 2.05) is 49.1 Å². The summed E-state index contributed by atoms with van der Waals surface area (Å²) in [5.74, 6) is 1.23. The van der Waals surface area contributed by atoms with Crippen LogP contribution in [0.3, 0.4) is 0 Å². The van der Waals surface area contributed by atoms with Crippen LogP contribution < -0.4 is 14.8 Å². The molecule has 1 heterocycles. The molecule has 1 fully saturated rings. The Morgan fingerprint density at radius 3 is 2.95 bits per heavy atom. The van der Waals surface area contributed by atoms with Crippen LogP contribution in [0.5, 0.6) is 11.5 Å². The number of ether oxygens (including phenoxy) is 2. The Balaban J connectivity index is 2.00. The summed E-state index contributed by atoms with van der Waals surface area (Å²) in [7, 11) is 1.60. The fourth-order valence-corrected chi connectivity index (χ4v) is 2.53. The van der Waals surface area contributed by atoms with Crippen molar-refractivity contribution in [2.24, 2.45) is 0 Å². The van der Waals surface area contributed by atoms with Gasteiger partial charge in [0, 0.05) is 25.7 Å². The van der Waals surface area contributed by atoms with Crippen LogP contribution in [0, 0.1) is 0 Å². The van der Waals surface area contributed by atoms with Gasteiger partial charge in [0.1, 0.15) is 0 Å². The van der Waals surface area contributed by atoms with Gasteiger partial charge in [0.25, 0.3) is 5.91 Å². The van der Waals surface area contributed by atoms with Crippen molar-refractivity contribution in [3.63, 3.8) is 0 Å². The number of amides is 1. The summed E-state index contributed by atoms with van der Waals surface area (Å²) in [6, 6.07) is 5.87. The summed E-state index contributed by atoms with van der Waals surface area (Å²) in [6.45, 7) is 6.41. The van der Waals surface area contributed by atoms with Gasteiger partial charge in [-0.3, -0.25) is 4.79 Å². The highest BCUT2D eigenvalue weighted by atomic mass is 16.5. The van der Waals surface area contributed by atoms with Gasteiger partial charge < -0.3 is 19.7 Å². The molecule has 120 valence electrons. The number of methoxy groups -OCH3 is 1. The van der Waals surface area contributed by atoms with E-state index in [1.54, 1.807) is 7.11 Å². The molecule has 0 saturated carbocycles. The van der Waals surface area contributed by atoms with Crippen LogP contribution in [0.15, 0.2) is 24.3 Å². The molecule has 1 saturated heterocycles. The monoisotopic (exact) mass is 304 g/mol. The first-order valence-corrected chi connectivity index (χ1v) is 7.59. The van der Waals surface area contributed by atoms with Gasteiger partial charge in [-0.15, -0.1) is 0 Å². The highest BCUT2D eigenvalue weighted by Crippen LogP contribution is 2.28. The third-order valence-electron chi connectivity index (χ3n) is 3.72. The lowest BCUT2D eigenvalue weighted by Gasteiger charge is -2.33. The van der Waals surface area contributed by atoms with Crippen LogP contribution in [-0.2, 0) is 4.79 Å². The Labute approximate surface area is 131 Å². The molecule has 1 aliphatic heterocycles. The van der Waals surface area contributed by atoms with E-state index in [1.165, 1.54) is 0 Å². The molecule has 2 rings (SSSR count). The highest BCUT2D eigenvalue weighted by Gasteiger charge is 2.23. The number of hydrogen-bond donors (Lipinski definition) is 1. The predicted octanol–water partition coefficient (Wildman–Crippen LogP) is 1.93. The largest absolute Gasteiger partial charge is 0.493 e. The number of rotatable bonds is 5. The van der Waals surface area contributed by atoms with Crippen LogP contribution in [-0.4, -0.2) is 50.2 Å². The zero-order valence-electron chi connectivity index (χ0n) is 13.5. The highest BCUT2D eigenvalue weighted by molar-refractivity contribution is 5.78. The average Bonchev–Trinajstić information content (AvgIpc) is 2.54. The lowest BCUT2D eigenvalue weighted by molar-refractivity contribution is -0.136. The van der Waals surface area contributed by atoms with Gasteiger partial charge in [-0.25, -0.2) is 0 Å². The fraction of sp³-hybridized carbons (Fsp3) is 0.471. The van der Waals surface area contributed by atoms with Crippen molar-refractivity contribution in [1.29, 1.82) is 0 Å². The average molecular weight is 304 g/mol. The van der Waals surface area contributed by atoms with Crippen molar-refractivity contribution in [3.05, 3.63) is 29.8 Å². The maximum atomic E-state index is 12.3. The Bertz CT molecular complexity index is 543. The standard InChI is InChI=1S/C17H24N2O3/c1-4-5-14-6-7-15(16(10-14)21-3)22-12-17(20)19-9-8-18-11-13(19)2/h4-7,10,13,18H,8-9,11-12H2,1-3H3/b5-4+. The number of nitrogens with one attached hydrogen (secondary N) is 1. The second kappa shape index (κ2) is 7.84. The first-order chi connectivity index (χ1) is 10.7. The molecule has 5 heteroatoms. The molecule has 1 aliphatic rings. The number of carbonyl (C=O) groups is 1. The third-order valence-corrected chi connectivity index (χ3v) is 3.72. The number of carbonyl (C=O) groups excluding carboxylic acids is 1. The van der Waals surface area contributed by atoms with E-state index < -0.39 is 0 Å². The zero-order valence-corrected chi connectivity index (χ0v) is 13.5. The molecule has 5 nitrogen and oxygen atoms in total. The minimum Gasteiger partial charge on any atom is -0.493 e. The second-order valence-electron chi connectivity index (χ2n) is 5.34. The van der Waals surface area contributed by atoms with E-state index in [0.29, 0.717) is 11.5 Å². The molecule has 1 aromatic rings. The van der Waals surface area contributed by atoms with Gasteiger partial charge in [0.05, 0.1) is 7.11 Å². The van der Waals surface area contributed by atoms with Crippen LogP contribution >= 0.6 is 0 Å². The van der Waals surface area contributed by atoms with Crippen LogP contribution in [0.1, 0.15) is 19.4 Å². The molecule has 0 aromatic heterocycles. The topological polar surface area (TPSA) is 50.8 Å². The molecule has 0 radical (unpaired) electrons. The maximum absolute atomic E-state index is 12.3. The van der Waals surface area contributed by atoms with E-state index in [-0.39, 0.29) is 18.6 Å². The molecule has 1 N–H and O–H groups in total. The predicted molar refractivity (Wildman–Crippen MR) is 87.2 cm³/mol. The molecule has 1 unspecified atom stereocenters. The molecule has 0 bridgehead atoms. The number of hydrogen-bond acceptors (Lipinski definition) is 4. The lowest BCUT2D eigenvalue weighted by atomic mass is 10.2. The Morgan fingerprint density at radius 2 is 2.27 bits per heavy atom. The number of benzene rings is 1. The van der Waals surface area contributed by atoms with E-state index in [9.17, 15) is 4.79 Å². The molecule has 0 spiro atoms. The van der Waals surface area contributed by atoms with Crippen LogP contribution in [0.25, 0.3) is 6.08 Å². The number of allylic oxidation sites excluding steroid dienone is 1. The van der Waals surface area contributed by atoms with Gasteiger partial charge >= 0.3 is 0 Å². The summed E-state index contributed by atoms with van der Waals surface area (Å²) in [6.07, 6.45) is 3.95. The minimum absolute atomic E-state index is 0.00795. The summed E-state index contributed by atoms with van der Waals surface area (Å²) in [5.41, 5.74) is 1.04. The third kappa shape index (κ3) is 4.01. The molecule has 1 amide bonds. The fourth-order valence-electron chi connectivity index (χ4n) is 2.53. The normalized spacial score (nSPS) is 18.5. The van der Waals surface area contributed by atoms with Crippen molar-refractivity contribution in [2.75, 3.05) is 33.4 Å². The molecule has 1 atom stereocenters. The summed E-state index contributed by atoms with van der Waals surface area (Å²) in [5, 5.41) is 3.27. The molecular weight excluding hydrogens is 280 g/mol. The van der Waals surface area contributed by atoms with Crippen LogP contribution in [0.4, 0.5) is 0 Å². The number of nitrogens with zero attached hydrogens (tertiary/aromatic N) is 1. The summed E-state index contributed by atoms with van der Waals surface area (Å²) >= 11 is 0. The van der Waals surface area contributed by atoms with Gasteiger partial charge in [-0.1, -0.05) is 18.2 Å². The van der Waals surface area contributed by atoms with Gasteiger partial charge in [-0.05, 0) is 31.5 Å². The van der Waals surface area contributed by atoms with Crippen LogP contribution in [0.2, 0.25) is 0 Å². The van der Waals surface area contributed by atoms with Crippen molar-refractivity contribution in [1.82, 2.24) is 10.2 Å². The van der Waals surface area contributed by atoms with Gasteiger partial charge in [0.2, 0.25) is 0 Å². The van der Waals surface area contributed by atoms with E-state index in [2.05, 4.69) is 5.32 Å². The quantitative estimate of drug-likeness (QED) is 0.903. The smallest absolute Gasteiger partial charge is 0.260 e.